The maximum absolute atomic E-state index is 14.0. The molecule has 5 nitrogen and oxygen atoms in total. The molecule has 0 radical (unpaired) electrons. The number of rotatable bonds is 6. The van der Waals surface area contributed by atoms with Gasteiger partial charge in [0.25, 0.3) is 0 Å². The number of alkyl halides is 1. The summed E-state index contributed by atoms with van der Waals surface area (Å²) in [5, 5.41) is 30.7. The van der Waals surface area contributed by atoms with Crippen LogP contribution in [0.5, 0.6) is 5.75 Å². The summed E-state index contributed by atoms with van der Waals surface area (Å²) in [6, 6.07) is 10.0. The largest absolute Gasteiger partial charge is 0.461 e. The SMILES string of the molecule is CCc1ccc(Cc2sccc2OC2OC(CO)C(O)C(F)C2O)cc1. The van der Waals surface area contributed by atoms with Gasteiger partial charge in [-0.05, 0) is 29.0 Å². The quantitative estimate of drug-likeness (QED) is 0.713. The fourth-order valence-electron chi connectivity index (χ4n) is 2.91. The number of thiophene rings is 1. The zero-order chi connectivity index (χ0) is 18.7. The van der Waals surface area contributed by atoms with Crippen molar-refractivity contribution in [3.05, 3.63) is 51.7 Å². The minimum atomic E-state index is -1.95. The van der Waals surface area contributed by atoms with Gasteiger partial charge in [0.15, 0.2) is 6.17 Å². The van der Waals surface area contributed by atoms with Crippen LogP contribution in [0.4, 0.5) is 4.39 Å². The molecule has 1 aromatic heterocycles. The maximum atomic E-state index is 14.0. The average Bonchev–Trinajstić information content (AvgIpc) is 3.09. The Bertz CT molecular complexity index is 702. The highest BCUT2D eigenvalue weighted by atomic mass is 32.1. The van der Waals surface area contributed by atoms with Crippen molar-refractivity contribution in [2.24, 2.45) is 0 Å². The van der Waals surface area contributed by atoms with Crippen LogP contribution in [-0.2, 0) is 17.6 Å². The summed E-state index contributed by atoms with van der Waals surface area (Å²) in [4.78, 5) is 0.923. The van der Waals surface area contributed by atoms with Crippen molar-refractivity contribution in [1.82, 2.24) is 0 Å². The molecule has 7 heteroatoms. The second kappa shape index (κ2) is 8.45. The Morgan fingerprint density at radius 1 is 1.12 bits per heavy atom. The summed E-state index contributed by atoms with van der Waals surface area (Å²) in [5.41, 5.74) is 2.38. The van der Waals surface area contributed by atoms with Gasteiger partial charge in [-0.2, -0.15) is 0 Å². The maximum Gasteiger partial charge on any atom is 0.229 e. The number of aliphatic hydroxyl groups excluding tert-OH is 3. The second-order valence-corrected chi connectivity index (χ2v) is 7.32. The first-order chi connectivity index (χ1) is 12.5. The number of hydrogen-bond acceptors (Lipinski definition) is 6. The Labute approximate surface area is 155 Å². The van der Waals surface area contributed by atoms with Gasteiger partial charge in [-0.1, -0.05) is 31.2 Å². The normalized spacial score (nSPS) is 28.9. The zero-order valence-electron chi connectivity index (χ0n) is 14.4. The summed E-state index contributed by atoms with van der Waals surface area (Å²) in [7, 11) is 0. The fraction of sp³-hybridized carbons (Fsp3) is 0.474. The lowest BCUT2D eigenvalue weighted by molar-refractivity contribution is -0.265. The molecule has 3 N–H and O–H groups in total. The minimum Gasteiger partial charge on any atom is -0.461 e. The van der Waals surface area contributed by atoms with Gasteiger partial charge >= 0.3 is 0 Å². The summed E-state index contributed by atoms with van der Waals surface area (Å²) < 4.78 is 25.1. The highest BCUT2D eigenvalue weighted by Crippen LogP contribution is 2.32. The predicted molar refractivity (Wildman–Crippen MR) is 96.2 cm³/mol. The third-order valence-corrected chi connectivity index (χ3v) is 5.45. The van der Waals surface area contributed by atoms with Crippen molar-refractivity contribution >= 4 is 11.3 Å². The van der Waals surface area contributed by atoms with E-state index >= 15 is 0 Å². The van der Waals surface area contributed by atoms with Crippen LogP contribution >= 0.6 is 11.3 Å². The average molecular weight is 382 g/mol. The highest BCUT2D eigenvalue weighted by Gasteiger charge is 2.46. The summed E-state index contributed by atoms with van der Waals surface area (Å²) in [6.45, 7) is 1.54. The molecule has 0 bridgehead atoms. The zero-order valence-corrected chi connectivity index (χ0v) is 15.2. The third-order valence-electron chi connectivity index (χ3n) is 4.54. The number of aliphatic hydroxyl groups is 3. The van der Waals surface area contributed by atoms with Crippen molar-refractivity contribution in [1.29, 1.82) is 0 Å². The molecule has 0 amide bonds. The van der Waals surface area contributed by atoms with E-state index in [4.69, 9.17) is 9.47 Å². The van der Waals surface area contributed by atoms with Crippen LogP contribution in [0.2, 0.25) is 0 Å². The van der Waals surface area contributed by atoms with Crippen molar-refractivity contribution in [3.8, 4) is 5.75 Å². The Balaban J connectivity index is 1.71. The topological polar surface area (TPSA) is 79.2 Å². The van der Waals surface area contributed by atoms with E-state index in [2.05, 4.69) is 31.2 Å². The molecule has 0 aliphatic carbocycles. The van der Waals surface area contributed by atoms with Crippen LogP contribution in [-0.4, -0.2) is 52.7 Å². The first-order valence-electron chi connectivity index (χ1n) is 8.60. The number of ether oxygens (including phenoxy) is 2. The van der Waals surface area contributed by atoms with Crippen LogP contribution in [0.15, 0.2) is 35.7 Å². The van der Waals surface area contributed by atoms with Gasteiger partial charge in [-0.25, -0.2) is 4.39 Å². The molecular weight excluding hydrogens is 359 g/mol. The minimum absolute atomic E-state index is 0.499. The van der Waals surface area contributed by atoms with E-state index in [0.29, 0.717) is 12.2 Å². The van der Waals surface area contributed by atoms with E-state index in [1.807, 2.05) is 5.38 Å². The Morgan fingerprint density at radius 3 is 2.46 bits per heavy atom. The summed E-state index contributed by atoms with van der Waals surface area (Å²) in [6.07, 6.45) is -5.98. The number of hydrogen-bond donors (Lipinski definition) is 3. The second-order valence-electron chi connectivity index (χ2n) is 6.32. The molecule has 26 heavy (non-hydrogen) atoms. The molecule has 5 unspecified atom stereocenters. The molecule has 1 aliphatic rings. The van der Waals surface area contributed by atoms with Crippen LogP contribution in [0.1, 0.15) is 22.9 Å². The summed E-state index contributed by atoms with van der Waals surface area (Å²) >= 11 is 1.50. The van der Waals surface area contributed by atoms with Gasteiger partial charge in [-0.15, -0.1) is 11.3 Å². The van der Waals surface area contributed by atoms with E-state index in [9.17, 15) is 19.7 Å². The lowest BCUT2D eigenvalue weighted by Gasteiger charge is -2.38. The smallest absolute Gasteiger partial charge is 0.229 e. The molecule has 3 rings (SSSR count). The molecule has 1 fully saturated rings. The van der Waals surface area contributed by atoms with Crippen molar-refractivity contribution in [3.63, 3.8) is 0 Å². The van der Waals surface area contributed by atoms with Gasteiger partial charge in [0.05, 0.1) is 11.5 Å². The van der Waals surface area contributed by atoms with E-state index in [1.165, 1.54) is 16.9 Å². The van der Waals surface area contributed by atoms with Gasteiger partial charge in [0.2, 0.25) is 6.29 Å². The van der Waals surface area contributed by atoms with Crippen molar-refractivity contribution in [2.75, 3.05) is 6.61 Å². The number of benzene rings is 1. The van der Waals surface area contributed by atoms with Crippen LogP contribution < -0.4 is 4.74 Å². The van der Waals surface area contributed by atoms with Gasteiger partial charge < -0.3 is 24.8 Å². The molecule has 1 saturated heterocycles. The number of halogens is 1. The van der Waals surface area contributed by atoms with Crippen LogP contribution in [0.25, 0.3) is 0 Å². The molecule has 0 spiro atoms. The van der Waals surface area contributed by atoms with E-state index in [-0.39, 0.29) is 0 Å². The van der Waals surface area contributed by atoms with Crippen LogP contribution in [0, 0.1) is 0 Å². The molecule has 5 atom stereocenters. The molecule has 2 heterocycles. The van der Waals surface area contributed by atoms with Crippen molar-refractivity contribution < 1.29 is 29.2 Å². The molecular formula is C19H23FO5S. The van der Waals surface area contributed by atoms with Gasteiger partial charge in [-0.3, -0.25) is 0 Å². The fourth-order valence-corrected chi connectivity index (χ4v) is 3.74. The lowest BCUT2D eigenvalue weighted by atomic mass is 10.0. The highest BCUT2D eigenvalue weighted by molar-refractivity contribution is 7.10. The van der Waals surface area contributed by atoms with Gasteiger partial charge in [0.1, 0.15) is 24.1 Å². The predicted octanol–water partition coefficient (Wildman–Crippen LogP) is 2.06. The molecule has 142 valence electrons. The molecule has 2 aromatic rings. The Hall–Kier alpha value is -1.51. The Morgan fingerprint density at radius 2 is 1.81 bits per heavy atom. The third kappa shape index (κ3) is 4.07. The number of aryl methyl sites for hydroxylation is 1. The van der Waals surface area contributed by atoms with E-state index in [1.54, 1.807) is 6.07 Å². The molecule has 0 saturated carbocycles. The first-order valence-corrected chi connectivity index (χ1v) is 9.48. The van der Waals surface area contributed by atoms with E-state index in [0.717, 1.165) is 16.9 Å². The first kappa shape index (κ1) is 19.3. The van der Waals surface area contributed by atoms with Crippen LogP contribution in [0.3, 0.4) is 0 Å². The van der Waals surface area contributed by atoms with E-state index < -0.39 is 37.4 Å². The molecule has 1 aliphatic heterocycles. The van der Waals surface area contributed by atoms with Crippen molar-refractivity contribution in [2.45, 2.75) is 50.5 Å². The summed E-state index contributed by atoms with van der Waals surface area (Å²) in [5.74, 6) is 0.499. The molecule has 1 aromatic carbocycles. The monoisotopic (exact) mass is 382 g/mol. The van der Waals surface area contributed by atoms with Gasteiger partial charge in [0, 0.05) is 6.42 Å². The standard InChI is InChI=1S/C19H23FO5S/c1-2-11-3-5-12(6-4-11)9-15-13(7-8-26-15)24-19-18(23)16(20)17(22)14(10-21)25-19/h3-8,14,16-19,21-23H,2,9-10H2,1H3. The Kier molecular flexibility index (Phi) is 6.26. The lowest BCUT2D eigenvalue weighted by Crippen LogP contribution is -2.58.